The van der Waals surface area contributed by atoms with Gasteiger partial charge in [-0.05, 0) is 94.5 Å². The Balaban J connectivity index is 1.86. The average Bonchev–Trinajstić information content (AvgIpc) is 3.26. The monoisotopic (exact) mass is 953 g/mol. The second-order valence-corrected chi connectivity index (χ2v) is 23.2. The molecule has 3 rings (SSSR count). The van der Waals surface area contributed by atoms with E-state index in [0.29, 0.717) is 38.5 Å². The first-order valence-corrected chi connectivity index (χ1v) is 27.6. The Morgan fingerprint density at radius 1 is 0.412 bits per heavy atom. The van der Waals surface area contributed by atoms with E-state index >= 15 is 0 Å². The van der Waals surface area contributed by atoms with Gasteiger partial charge in [0.05, 0.1) is 35.5 Å². The molecule has 0 amide bonds. The zero-order chi connectivity index (χ0) is 50.4. The second-order valence-electron chi connectivity index (χ2n) is 23.2. The average molecular weight is 953 g/mol. The van der Waals surface area contributed by atoms with Crippen LogP contribution in [0.3, 0.4) is 0 Å². The van der Waals surface area contributed by atoms with Gasteiger partial charge in [0, 0.05) is 47.8 Å². The summed E-state index contributed by atoms with van der Waals surface area (Å²) in [5.74, 6) is -3.18. The van der Waals surface area contributed by atoms with Crippen LogP contribution in [0.15, 0.2) is 12.1 Å². The SMILES string of the molecule is CCCCCCCCCCCCCCCOC(=O)c1c(C(=O)OC2CC(C)(C)N(C)C(C)(C)C2)ccc(C(=O)OCCCCCCCCCCCCC)c1C(=O)OC1CC(C)(C)N(C)C(C)(C)C1. The van der Waals surface area contributed by atoms with Crippen molar-refractivity contribution in [1.82, 2.24) is 9.80 Å². The Kier molecular flexibility index (Phi) is 25.6. The van der Waals surface area contributed by atoms with E-state index in [-0.39, 0.29) is 57.6 Å². The van der Waals surface area contributed by atoms with E-state index in [1.54, 1.807) is 0 Å². The lowest BCUT2D eigenvalue weighted by atomic mass is 9.78. The molecule has 2 heterocycles. The summed E-state index contributed by atoms with van der Waals surface area (Å²) < 4.78 is 24.4. The highest BCUT2D eigenvalue weighted by molar-refractivity contribution is 6.15. The Bertz CT molecular complexity index is 1650. The molecule has 0 spiro atoms. The molecular weight excluding hydrogens is 853 g/mol. The van der Waals surface area contributed by atoms with Gasteiger partial charge < -0.3 is 18.9 Å². The maximum atomic E-state index is 14.8. The first-order valence-electron chi connectivity index (χ1n) is 27.6. The Hall–Kier alpha value is -2.98. The van der Waals surface area contributed by atoms with Crippen LogP contribution in [-0.2, 0) is 18.9 Å². The van der Waals surface area contributed by atoms with Crippen LogP contribution >= 0.6 is 0 Å². The van der Waals surface area contributed by atoms with Gasteiger partial charge in [-0.2, -0.15) is 0 Å². The van der Waals surface area contributed by atoms with E-state index in [1.807, 2.05) is 0 Å². The van der Waals surface area contributed by atoms with Crippen molar-refractivity contribution in [1.29, 1.82) is 0 Å². The summed E-state index contributed by atoms with van der Waals surface area (Å²) in [5, 5.41) is 0. The molecule has 0 atom stereocenters. The van der Waals surface area contributed by atoms with Crippen molar-refractivity contribution in [3.63, 3.8) is 0 Å². The highest BCUT2D eigenvalue weighted by Crippen LogP contribution is 2.40. The van der Waals surface area contributed by atoms with Gasteiger partial charge in [-0.3, -0.25) is 9.80 Å². The van der Waals surface area contributed by atoms with Gasteiger partial charge in [0.2, 0.25) is 0 Å². The smallest absolute Gasteiger partial charge is 0.340 e. The van der Waals surface area contributed by atoms with E-state index < -0.39 is 36.1 Å². The molecule has 68 heavy (non-hydrogen) atoms. The van der Waals surface area contributed by atoms with Crippen LogP contribution < -0.4 is 0 Å². The summed E-state index contributed by atoms with van der Waals surface area (Å²) in [4.78, 5) is 62.6. The van der Waals surface area contributed by atoms with E-state index in [0.717, 1.165) is 38.5 Å². The minimum absolute atomic E-state index is 0.113. The normalized spacial score (nSPS) is 18.3. The largest absolute Gasteiger partial charge is 0.462 e. The zero-order valence-electron chi connectivity index (χ0n) is 45.7. The van der Waals surface area contributed by atoms with Crippen LogP contribution in [0.2, 0.25) is 0 Å². The van der Waals surface area contributed by atoms with Gasteiger partial charge in [0.25, 0.3) is 0 Å². The molecule has 10 heteroatoms. The lowest BCUT2D eigenvalue weighted by Crippen LogP contribution is -2.60. The molecule has 0 bridgehead atoms. The van der Waals surface area contributed by atoms with Crippen LogP contribution in [0.4, 0.5) is 0 Å². The number of ether oxygens (including phenoxy) is 4. The number of hydrogen-bond donors (Lipinski definition) is 0. The molecule has 0 aliphatic carbocycles. The molecule has 0 aromatic heterocycles. The van der Waals surface area contributed by atoms with Gasteiger partial charge in [0.15, 0.2) is 0 Å². The fourth-order valence-corrected chi connectivity index (χ4v) is 10.9. The fourth-order valence-electron chi connectivity index (χ4n) is 10.9. The summed E-state index contributed by atoms with van der Waals surface area (Å²) in [6.45, 7) is 21.8. The van der Waals surface area contributed by atoms with Crippen molar-refractivity contribution in [2.75, 3.05) is 27.3 Å². The number of carbonyl (C=O) groups excluding carboxylic acids is 4. The zero-order valence-corrected chi connectivity index (χ0v) is 45.7. The molecule has 0 radical (unpaired) electrons. The number of rotatable bonds is 32. The molecule has 2 saturated heterocycles. The third-order valence-electron chi connectivity index (χ3n) is 15.6. The minimum Gasteiger partial charge on any atom is -0.462 e. The maximum absolute atomic E-state index is 14.8. The predicted molar refractivity (Wildman–Crippen MR) is 278 cm³/mol. The molecule has 1 aromatic rings. The number of carbonyl (C=O) groups is 4. The molecule has 390 valence electrons. The molecule has 10 nitrogen and oxygen atoms in total. The van der Waals surface area contributed by atoms with Crippen molar-refractivity contribution in [3.8, 4) is 0 Å². The Morgan fingerprint density at radius 2 is 0.676 bits per heavy atom. The highest BCUT2D eigenvalue weighted by Gasteiger charge is 2.47. The minimum atomic E-state index is -0.851. The molecule has 2 fully saturated rings. The second kappa shape index (κ2) is 29.4. The van der Waals surface area contributed by atoms with Gasteiger partial charge in [-0.15, -0.1) is 0 Å². The number of unbranched alkanes of at least 4 members (excludes halogenated alkanes) is 22. The molecular formula is C58H100N2O8. The van der Waals surface area contributed by atoms with Crippen LogP contribution in [0.1, 0.15) is 290 Å². The van der Waals surface area contributed by atoms with Crippen LogP contribution in [0.25, 0.3) is 0 Å². The third-order valence-corrected chi connectivity index (χ3v) is 15.6. The van der Waals surface area contributed by atoms with Crippen molar-refractivity contribution in [2.24, 2.45) is 0 Å². The van der Waals surface area contributed by atoms with E-state index in [4.69, 9.17) is 18.9 Å². The molecule has 1 aromatic carbocycles. The number of benzene rings is 1. The standard InChI is InChI=1S/C58H100N2O8/c1-13-15-17-19-21-23-25-26-28-30-32-34-36-40-66-53(63)49-48(52(62)67-45-41-55(3,4)59(11)56(5,6)42-45)38-37-47(51(61)65-39-35-33-31-29-27-24-22-20-18-16-14-2)50(49)54(64)68-46-43-57(7,8)60(12)58(9,10)44-46/h37-38,45-46H,13-36,39-44H2,1-12H3. The maximum Gasteiger partial charge on any atom is 0.340 e. The lowest BCUT2D eigenvalue weighted by molar-refractivity contribution is -0.0737. The molecule has 0 N–H and O–H groups in total. The summed E-state index contributed by atoms with van der Waals surface area (Å²) in [6.07, 6.45) is 29.4. The number of nitrogens with zero attached hydrogens (tertiary/aromatic N) is 2. The van der Waals surface area contributed by atoms with Gasteiger partial charge >= 0.3 is 23.9 Å². The summed E-state index contributed by atoms with van der Waals surface area (Å²) in [5.41, 5.74) is -1.97. The number of piperidine rings is 2. The fraction of sp³-hybridized carbons (Fsp3) is 0.828. The predicted octanol–water partition coefficient (Wildman–Crippen LogP) is 15.0. The van der Waals surface area contributed by atoms with E-state index in [1.165, 1.54) is 115 Å². The number of hydrogen-bond acceptors (Lipinski definition) is 10. The van der Waals surface area contributed by atoms with Crippen LogP contribution in [0.5, 0.6) is 0 Å². The van der Waals surface area contributed by atoms with Gasteiger partial charge in [0.1, 0.15) is 12.2 Å². The third kappa shape index (κ3) is 19.3. The topological polar surface area (TPSA) is 112 Å². The molecule has 0 saturated carbocycles. The van der Waals surface area contributed by atoms with Crippen molar-refractivity contribution < 1.29 is 38.1 Å². The molecule has 0 unspecified atom stereocenters. The van der Waals surface area contributed by atoms with Crippen molar-refractivity contribution >= 4 is 23.9 Å². The highest BCUT2D eigenvalue weighted by atomic mass is 16.6. The Labute approximate surface area is 415 Å². The summed E-state index contributed by atoms with van der Waals surface area (Å²) in [7, 11) is 4.16. The van der Waals surface area contributed by atoms with E-state index in [9.17, 15) is 19.2 Å². The van der Waals surface area contributed by atoms with Crippen molar-refractivity contribution in [3.05, 3.63) is 34.4 Å². The molecule has 2 aliphatic heterocycles. The summed E-state index contributed by atoms with van der Waals surface area (Å²) in [6, 6.07) is 2.84. The summed E-state index contributed by atoms with van der Waals surface area (Å²) >= 11 is 0. The van der Waals surface area contributed by atoms with Gasteiger partial charge in [-0.1, -0.05) is 155 Å². The van der Waals surface area contributed by atoms with Crippen molar-refractivity contribution in [2.45, 2.75) is 283 Å². The van der Waals surface area contributed by atoms with E-state index in [2.05, 4.69) is 93.1 Å². The Morgan fingerprint density at radius 3 is 1.01 bits per heavy atom. The quantitative estimate of drug-likeness (QED) is 0.0393. The first-order chi connectivity index (χ1) is 32.2. The number of esters is 4. The van der Waals surface area contributed by atoms with Crippen LogP contribution in [0, 0.1) is 0 Å². The van der Waals surface area contributed by atoms with Gasteiger partial charge in [-0.25, -0.2) is 19.2 Å². The molecule has 2 aliphatic rings. The van der Waals surface area contributed by atoms with Crippen LogP contribution in [-0.4, -0.2) is 95.3 Å². The first kappa shape index (κ1) is 59.3. The number of likely N-dealkylation sites (tertiary alicyclic amines) is 2. The lowest BCUT2D eigenvalue weighted by Gasteiger charge is -2.53.